The molecule has 1 N–H and O–H groups in total. The van der Waals surface area contributed by atoms with Crippen molar-refractivity contribution in [3.63, 3.8) is 0 Å². The SMILES string of the molecule is CCn1cc(C(=O)O)c(=O)c(-c2ccccc2)c1C.[H-].[Na+]. The minimum Gasteiger partial charge on any atom is -1.00 e. The minimum atomic E-state index is -1.19. The molecule has 0 aliphatic heterocycles. The van der Waals surface area contributed by atoms with Gasteiger partial charge in [0.25, 0.3) is 0 Å². The first kappa shape index (κ1) is 16.7. The van der Waals surface area contributed by atoms with Gasteiger partial charge in [-0.2, -0.15) is 0 Å². The van der Waals surface area contributed by atoms with Crippen LogP contribution < -0.4 is 35.0 Å². The Morgan fingerprint density at radius 1 is 1.30 bits per heavy atom. The van der Waals surface area contributed by atoms with Crippen molar-refractivity contribution in [2.75, 3.05) is 0 Å². The summed E-state index contributed by atoms with van der Waals surface area (Å²) in [6.45, 7) is 4.36. The zero-order valence-corrected chi connectivity index (χ0v) is 13.9. The first-order valence-electron chi connectivity index (χ1n) is 6.09. The number of nitrogens with zero attached hydrogens (tertiary/aromatic N) is 1. The van der Waals surface area contributed by atoms with Gasteiger partial charge in [0.05, 0.1) is 0 Å². The van der Waals surface area contributed by atoms with E-state index >= 15 is 0 Å². The summed E-state index contributed by atoms with van der Waals surface area (Å²) >= 11 is 0. The fourth-order valence-corrected chi connectivity index (χ4v) is 2.18. The molecule has 0 amide bonds. The van der Waals surface area contributed by atoms with Crippen LogP contribution in [-0.4, -0.2) is 15.6 Å². The molecule has 1 aromatic carbocycles. The van der Waals surface area contributed by atoms with Crippen LogP contribution in [0.3, 0.4) is 0 Å². The molecule has 0 atom stereocenters. The average Bonchev–Trinajstić information content (AvgIpc) is 2.40. The molecule has 5 heteroatoms. The van der Waals surface area contributed by atoms with Gasteiger partial charge >= 0.3 is 35.5 Å². The molecule has 0 fully saturated rings. The van der Waals surface area contributed by atoms with E-state index in [-0.39, 0.29) is 36.5 Å². The van der Waals surface area contributed by atoms with Crippen molar-refractivity contribution >= 4 is 5.97 Å². The van der Waals surface area contributed by atoms with Gasteiger partial charge in [0, 0.05) is 24.0 Å². The van der Waals surface area contributed by atoms with Crippen LogP contribution in [0.5, 0.6) is 0 Å². The van der Waals surface area contributed by atoms with Crippen molar-refractivity contribution in [3.05, 3.63) is 58.0 Å². The molecular formula is C15H16NNaO3. The number of aromatic nitrogens is 1. The number of pyridine rings is 1. The Hall–Kier alpha value is -1.36. The van der Waals surface area contributed by atoms with Crippen LogP contribution in [0, 0.1) is 6.92 Å². The van der Waals surface area contributed by atoms with Crippen LogP contribution in [0.4, 0.5) is 0 Å². The number of aromatic carboxylic acids is 1. The molecule has 100 valence electrons. The van der Waals surface area contributed by atoms with Crippen molar-refractivity contribution in [2.24, 2.45) is 0 Å². The van der Waals surface area contributed by atoms with Crippen molar-refractivity contribution in [1.29, 1.82) is 0 Å². The van der Waals surface area contributed by atoms with E-state index in [0.29, 0.717) is 12.1 Å². The van der Waals surface area contributed by atoms with Crippen molar-refractivity contribution in [1.82, 2.24) is 4.57 Å². The molecule has 1 aromatic heterocycles. The van der Waals surface area contributed by atoms with Gasteiger partial charge < -0.3 is 11.1 Å². The second kappa shape index (κ2) is 6.88. The van der Waals surface area contributed by atoms with Crippen molar-refractivity contribution in [2.45, 2.75) is 20.4 Å². The topological polar surface area (TPSA) is 59.3 Å². The third-order valence-corrected chi connectivity index (χ3v) is 3.18. The number of benzene rings is 1. The van der Waals surface area contributed by atoms with E-state index in [9.17, 15) is 9.59 Å². The standard InChI is InChI=1S/C15H15NO3.Na.H/c1-3-16-9-12(15(18)19)14(17)13(10(16)2)11-7-5-4-6-8-11;;/h4-9H,3H2,1-2H3,(H,18,19);;/q;+1;-1. The zero-order chi connectivity index (χ0) is 14.0. The molecule has 0 unspecified atom stereocenters. The number of aryl methyl sites for hydroxylation is 1. The molecule has 0 radical (unpaired) electrons. The Morgan fingerprint density at radius 2 is 1.90 bits per heavy atom. The molecule has 2 rings (SSSR count). The summed E-state index contributed by atoms with van der Waals surface area (Å²) < 4.78 is 1.78. The van der Waals surface area contributed by atoms with E-state index in [0.717, 1.165) is 11.3 Å². The fourth-order valence-electron chi connectivity index (χ4n) is 2.18. The molecule has 0 saturated carbocycles. The maximum atomic E-state index is 12.3. The second-order valence-corrected chi connectivity index (χ2v) is 4.29. The number of hydrogen-bond acceptors (Lipinski definition) is 2. The Labute approximate surface area is 140 Å². The Kier molecular flexibility index (Phi) is 5.74. The molecule has 4 nitrogen and oxygen atoms in total. The Balaban J connectivity index is 0.00000200. The maximum Gasteiger partial charge on any atom is 1.00 e. The molecule has 0 saturated heterocycles. The quantitative estimate of drug-likeness (QED) is 0.783. The second-order valence-electron chi connectivity index (χ2n) is 4.29. The number of carboxylic acids is 1. The summed E-state index contributed by atoms with van der Waals surface area (Å²) in [6, 6.07) is 9.15. The monoisotopic (exact) mass is 281 g/mol. The predicted octanol–water partition coefficient (Wildman–Crippen LogP) is -0.342. The number of rotatable bonds is 3. The van der Waals surface area contributed by atoms with Gasteiger partial charge in [-0.05, 0) is 19.4 Å². The van der Waals surface area contributed by atoms with Gasteiger partial charge in [0.2, 0.25) is 5.43 Å². The zero-order valence-electron chi connectivity index (χ0n) is 12.9. The fraction of sp³-hybridized carbons (Fsp3) is 0.200. The third kappa shape index (κ3) is 3.03. The molecule has 0 spiro atoms. The molecule has 0 bridgehead atoms. The van der Waals surface area contributed by atoms with Crippen LogP contribution >= 0.6 is 0 Å². The third-order valence-electron chi connectivity index (χ3n) is 3.18. The number of carbonyl (C=O) groups is 1. The average molecular weight is 281 g/mol. The molecule has 0 aliphatic carbocycles. The summed E-state index contributed by atoms with van der Waals surface area (Å²) in [4.78, 5) is 23.5. The maximum absolute atomic E-state index is 12.3. The number of hydrogen-bond donors (Lipinski definition) is 1. The molecular weight excluding hydrogens is 265 g/mol. The summed E-state index contributed by atoms with van der Waals surface area (Å²) in [5.41, 5.74) is 1.37. The Bertz CT molecular complexity index is 683. The van der Waals surface area contributed by atoms with E-state index in [1.165, 1.54) is 6.20 Å². The minimum absolute atomic E-state index is 0. The van der Waals surface area contributed by atoms with E-state index in [1.54, 1.807) is 4.57 Å². The number of carboxylic acid groups (broad SMARTS) is 1. The van der Waals surface area contributed by atoms with Crippen LogP contribution in [-0.2, 0) is 6.54 Å². The van der Waals surface area contributed by atoms with Crippen molar-refractivity contribution < 1.29 is 40.9 Å². The van der Waals surface area contributed by atoms with Gasteiger partial charge in [-0.1, -0.05) is 30.3 Å². The van der Waals surface area contributed by atoms with Crippen molar-refractivity contribution in [3.8, 4) is 11.1 Å². The van der Waals surface area contributed by atoms with Crippen LogP contribution in [0.25, 0.3) is 11.1 Å². The van der Waals surface area contributed by atoms with E-state index in [2.05, 4.69) is 0 Å². The molecule has 1 heterocycles. The van der Waals surface area contributed by atoms with Gasteiger partial charge in [-0.25, -0.2) is 4.79 Å². The summed E-state index contributed by atoms with van der Waals surface area (Å²) in [6.07, 6.45) is 1.41. The largest absolute Gasteiger partial charge is 1.00 e. The van der Waals surface area contributed by atoms with Crippen LogP contribution in [0.15, 0.2) is 41.3 Å². The molecule has 0 aliphatic rings. The predicted molar refractivity (Wildman–Crippen MR) is 74.6 cm³/mol. The summed E-state index contributed by atoms with van der Waals surface area (Å²) in [5.74, 6) is -1.19. The molecule has 2 aromatic rings. The molecule has 20 heavy (non-hydrogen) atoms. The first-order valence-corrected chi connectivity index (χ1v) is 6.09. The van der Waals surface area contributed by atoms with E-state index in [1.807, 2.05) is 44.2 Å². The van der Waals surface area contributed by atoms with Gasteiger partial charge in [0.1, 0.15) is 5.56 Å². The van der Waals surface area contributed by atoms with Crippen LogP contribution in [0.2, 0.25) is 0 Å². The van der Waals surface area contributed by atoms with E-state index in [4.69, 9.17) is 5.11 Å². The summed E-state index contributed by atoms with van der Waals surface area (Å²) in [5, 5.41) is 9.13. The smallest absolute Gasteiger partial charge is 1.00 e. The first-order chi connectivity index (χ1) is 9.06. The summed E-state index contributed by atoms with van der Waals surface area (Å²) in [7, 11) is 0. The van der Waals surface area contributed by atoms with Crippen LogP contribution in [0.1, 0.15) is 24.4 Å². The Morgan fingerprint density at radius 3 is 2.40 bits per heavy atom. The normalized spacial score (nSPS) is 9.90. The van der Waals surface area contributed by atoms with Gasteiger partial charge in [0.15, 0.2) is 0 Å². The van der Waals surface area contributed by atoms with Gasteiger partial charge in [-0.3, -0.25) is 4.79 Å². The van der Waals surface area contributed by atoms with Gasteiger partial charge in [-0.15, -0.1) is 0 Å². The van der Waals surface area contributed by atoms with E-state index < -0.39 is 11.4 Å².